The Morgan fingerprint density at radius 3 is 2.68 bits per heavy atom. The highest BCUT2D eigenvalue weighted by molar-refractivity contribution is 4.91. The third-order valence-corrected chi connectivity index (χ3v) is 4.23. The van der Waals surface area contributed by atoms with E-state index in [0.717, 1.165) is 26.2 Å². The molecule has 4 heteroatoms. The summed E-state index contributed by atoms with van der Waals surface area (Å²) in [5.41, 5.74) is 0.322. The zero-order chi connectivity index (χ0) is 13.9. The van der Waals surface area contributed by atoms with Crippen LogP contribution in [0.15, 0.2) is 18.5 Å². The molecule has 4 nitrogen and oxygen atoms in total. The first-order valence-electron chi connectivity index (χ1n) is 7.45. The van der Waals surface area contributed by atoms with Gasteiger partial charge in [0, 0.05) is 44.1 Å². The van der Waals surface area contributed by atoms with Crippen LogP contribution in [0.25, 0.3) is 0 Å². The van der Waals surface area contributed by atoms with E-state index in [-0.39, 0.29) is 0 Å². The van der Waals surface area contributed by atoms with E-state index in [4.69, 9.17) is 0 Å². The van der Waals surface area contributed by atoms with Crippen LogP contribution in [0.3, 0.4) is 0 Å². The molecule has 1 aromatic heterocycles. The highest BCUT2D eigenvalue weighted by Gasteiger charge is 2.32. The summed E-state index contributed by atoms with van der Waals surface area (Å²) < 4.78 is 2.03. The van der Waals surface area contributed by atoms with Crippen LogP contribution in [0.4, 0.5) is 0 Å². The van der Waals surface area contributed by atoms with E-state index in [2.05, 4.69) is 43.0 Å². The van der Waals surface area contributed by atoms with Gasteiger partial charge in [0.25, 0.3) is 0 Å². The molecule has 0 saturated carbocycles. The van der Waals surface area contributed by atoms with E-state index in [9.17, 15) is 0 Å². The van der Waals surface area contributed by atoms with E-state index < -0.39 is 0 Å². The van der Waals surface area contributed by atoms with E-state index in [1.54, 1.807) is 0 Å². The highest BCUT2D eigenvalue weighted by Crippen LogP contribution is 2.24. The maximum absolute atomic E-state index is 4.29. The molecule has 2 unspecified atom stereocenters. The predicted molar refractivity (Wildman–Crippen MR) is 79.1 cm³/mol. The number of aromatic nitrogens is 2. The zero-order valence-corrected chi connectivity index (χ0v) is 12.8. The van der Waals surface area contributed by atoms with Crippen LogP contribution in [-0.4, -0.2) is 46.4 Å². The van der Waals surface area contributed by atoms with Gasteiger partial charge in [-0.2, -0.15) is 5.10 Å². The normalized spacial score (nSPS) is 25.7. The molecule has 1 aliphatic rings. The summed E-state index contributed by atoms with van der Waals surface area (Å²) in [7, 11) is 0. The number of hydrogen-bond donors (Lipinski definition) is 1. The Kier molecular flexibility index (Phi) is 4.63. The fourth-order valence-corrected chi connectivity index (χ4v) is 2.78. The predicted octanol–water partition coefficient (Wildman–Crippen LogP) is 1.98. The summed E-state index contributed by atoms with van der Waals surface area (Å²) >= 11 is 0. The van der Waals surface area contributed by atoms with Crippen molar-refractivity contribution >= 4 is 0 Å². The second kappa shape index (κ2) is 6.06. The fourth-order valence-electron chi connectivity index (χ4n) is 2.78. The monoisotopic (exact) mass is 264 g/mol. The Hall–Kier alpha value is -0.870. The molecule has 2 heterocycles. The summed E-state index contributed by atoms with van der Waals surface area (Å²) in [6, 6.07) is 3.23. The third kappa shape index (κ3) is 3.80. The maximum atomic E-state index is 4.29. The standard InChI is InChI=1S/C15H28N4/c1-5-13-11-16-14(15(2,3)4)12-18(13)9-10-19-8-6-7-17-19/h6-8,13-14,16H,5,9-12H2,1-4H3. The Bertz CT molecular complexity index is 366. The van der Waals surface area contributed by atoms with Gasteiger partial charge in [-0.25, -0.2) is 0 Å². The lowest BCUT2D eigenvalue weighted by atomic mass is 9.84. The van der Waals surface area contributed by atoms with Gasteiger partial charge in [0.05, 0.1) is 6.54 Å². The van der Waals surface area contributed by atoms with E-state index in [1.165, 1.54) is 6.42 Å². The lowest BCUT2D eigenvalue weighted by Gasteiger charge is -2.45. The first-order valence-corrected chi connectivity index (χ1v) is 7.45. The van der Waals surface area contributed by atoms with Gasteiger partial charge in [0.2, 0.25) is 0 Å². The van der Waals surface area contributed by atoms with Crippen molar-refractivity contribution in [1.82, 2.24) is 20.0 Å². The van der Waals surface area contributed by atoms with E-state index >= 15 is 0 Å². The minimum Gasteiger partial charge on any atom is -0.311 e. The van der Waals surface area contributed by atoms with Gasteiger partial charge in [0.15, 0.2) is 0 Å². The van der Waals surface area contributed by atoms with Gasteiger partial charge in [-0.15, -0.1) is 0 Å². The molecule has 1 fully saturated rings. The SMILES string of the molecule is CCC1CNC(C(C)(C)C)CN1CCn1cccn1. The molecule has 1 saturated heterocycles. The third-order valence-electron chi connectivity index (χ3n) is 4.23. The van der Waals surface area contributed by atoms with Crippen molar-refractivity contribution in [3.63, 3.8) is 0 Å². The molecule has 1 aliphatic heterocycles. The molecule has 2 rings (SSSR count). The molecule has 0 radical (unpaired) electrons. The molecule has 108 valence electrons. The highest BCUT2D eigenvalue weighted by atomic mass is 15.3. The molecule has 0 aromatic carbocycles. The molecule has 0 bridgehead atoms. The molecule has 0 spiro atoms. The zero-order valence-electron chi connectivity index (χ0n) is 12.8. The van der Waals surface area contributed by atoms with E-state index in [1.807, 2.05) is 23.1 Å². The van der Waals surface area contributed by atoms with Crippen LogP contribution in [0.5, 0.6) is 0 Å². The fraction of sp³-hybridized carbons (Fsp3) is 0.800. The summed E-state index contributed by atoms with van der Waals surface area (Å²) in [6.45, 7) is 13.6. The summed E-state index contributed by atoms with van der Waals surface area (Å²) in [6.07, 6.45) is 5.11. The van der Waals surface area contributed by atoms with Crippen LogP contribution < -0.4 is 5.32 Å². The lowest BCUT2D eigenvalue weighted by molar-refractivity contribution is 0.0797. The molecule has 19 heavy (non-hydrogen) atoms. The summed E-state index contributed by atoms with van der Waals surface area (Å²) in [5, 5.41) is 8.01. The number of piperazine rings is 1. The second-order valence-corrected chi connectivity index (χ2v) is 6.65. The molecule has 2 atom stereocenters. The number of nitrogens with one attached hydrogen (secondary N) is 1. The average molecular weight is 264 g/mol. The van der Waals surface area contributed by atoms with Crippen LogP contribution >= 0.6 is 0 Å². The van der Waals surface area contributed by atoms with E-state index in [0.29, 0.717) is 17.5 Å². The van der Waals surface area contributed by atoms with Gasteiger partial charge in [-0.1, -0.05) is 27.7 Å². The minimum absolute atomic E-state index is 0.322. The largest absolute Gasteiger partial charge is 0.311 e. The van der Waals surface area contributed by atoms with Crippen molar-refractivity contribution in [1.29, 1.82) is 0 Å². The van der Waals surface area contributed by atoms with Crippen molar-refractivity contribution in [3.8, 4) is 0 Å². The number of hydrogen-bond acceptors (Lipinski definition) is 3. The summed E-state index contributed by atoms with van der Waals surface area (Å²) in [5.74, 6) is 0. The van der Waals surface area contributed by atoms with Gasteiger partial charge >= 0.3 is 0 Å². The molecular weight excluding hydrogens is 236 g/mol. The van der Waals surface area contributed by atoms with Crippen LogP contribution in [0, 0.1) is 5.41 Å². The topological polar surface area (TPSA) is 33.1 Å². The van der Waals surface area contributed by atoms with Gasteiger partial charge in [-0.3, -0.25) is 9.58 Å². The van der Waals surface area contributed by atoms with Crippen LogP contribution in [-0.2, 0) is 6.54 Å². The van der Waals surface area contributed by atoms with Crippen LogP contribution in [0.2, 0.25) is 0 Å². The molecule has 1 N–H and O–H groups in total. The Labute approximate surface area is 117 Å². The minimum atomic E-state index is 0.322. The Balaban J connectivity index is 1.94. The van der Waals surface area contributed by atoms with Crippen molar-refractivity contribution < 1.29 is 0 Å². The average Bonchev–Trinajstić information content (AvgIpc) is 2.88. The van der Waals surface area contributed by atoms with Gasteiger partial charge < -0.3 is 5.32 Å². The van der Waals surface area contributed by atoms with Crippen molar-refractivity contribution in [2.75, 3.05) is 19.6 Å². The number of rotatable bonds is 4. The summed E-state index contributed by atoms with van der Waals surface area (Å²) in [4.78, 5) is 2.63. The smallest absolute Gasteiger partial charge is 0.0536 e. The van der Waals surface area contributed by atoms with Crippen molar-refractivity contribution in [2.45, 2.75) is 52.7 Å². The molecule has 1 aromatic rings. The van der Waals surface area contributed by atoms with Crippen LogP contribution in [0.1, 0.15) is 34.1 Å². The first kappa shape index (κ1) is 14.5. The lowest BCUT2D eigenvalue weighted by Crippen LogP contribution is -2.60. The first-order chi connectivity index (χ1) is 9.00. The van der Waals surface area contributed by atoms with Gasteiger partial charge in [0.1, 0.15) is 0 Å². The van der Waals surface area contributed by atoms with Crippen molar-refractivity contribution in [2.24, 2.45) is 5.41 Å². The Morgan fingerprint density at radius 1 is 1.32 bits per heavy atom. The van der Waals surface area contributed by atoms with Gasteiger partial charge in [-0.05, 0) is 17.9 Å². The second-order valence-electron chi connectivity index (χ2n) is 6.65. The Morgan fingerprint density at radius 2 is 2.11 bits per heavy atom. The van der Waals surface area contributed by atoms with Crippen molar-refractivity contribution in [3.05, 3.63) is 18.5 Å². The molecule has 0 aliphatic carbocycles. The number of nitrogens with zero attached hydrogens (tertiary/aromatic N) is 3. The maximum Gasteiger partial charge on any atom is 0.0536 e. The molecular formula is C15H28N4. The quantitative estimate of drug-likeness (QED) is 0.903. The molecule has 0 amide bonds.